The van der Waals surface area contributed by atoms with E-state index in [9.17, 15) is 39.9 Å². The van der Waals surface area contributed by atoms with Crippen molar-refractivity contribution < 1.29 is 73.1 Å². The number of cyclic esters (lactones) is 1. The largest absolute Gasteiger partial charge is 0.466 e. The zero-order chi connectivity index (χ0) is 45.4. The van der Waals surface area contributed by atoms with Gasteiger partial charge in [-0.15, -0.1) is 0 Å². The minimum atomic E-state index is -1.99. The number of nitrogens with zero attached hydrogens (tertiary/aromatic N) is 1. The van der Waals surface area contributed by atoms with Gasteiger partial charge in [-0.2, -0.15) is 0 Å². The summed E-state index contributed by atoms with van der Waals surface area (Å²) in [5.41, 5.74) is -4.84. The quantitative estimate of drug-likeness (QED) is 0.158. The highest BCUT2D eigenvalue weighted by atomic mass is 16.7. The first-order valence-electron chi connectivity index (χ1n) is 21.4. The zero-order valence-electron chi connectivity index (χ0n) is 38.4. The summed E-state index contributed by atoms with van der Waals surface area (Å²) in [4.78, 5) is 39.9. The maximum atomic E-state index is 14.1. The Bertz CT molecular complexity index is 1330. The standard InChI is InChI=1S/C37H67NO13.C6H12O2/c1-14-25-37(10,45)30(41)20(4)27(39)18(2)16-35(8,44)32(51-34-28(40)24(38(11)12)15-19(3)47-34)21(5)29(22(6)33(43)49-25)50-26-17-36(9,46-13)31(42)23(7)48-26;1-3-4-5-8-6(2)7/h18-26,28-32,34,40-42,44-45H,14-17H2,1-13H3;3-5H2,1-2H3/t18-,19-,20+,21-,22-,23+,24+,25-,26+,28-,29+,30+,31+,32-,34+,35-,36-,37-;/m1./s1. The molecule has 16 heteroatoms. The Morgan fingerprint density at radius 1 is 0.898 bits per heavy atom. The lowest BCUT2D eigenvalue weighted by Crippen LogP contribution is -2.61. The SMILES string of the molecule is CCCCOC(C)=O.CC[C@H]1OC(=O)[C@H](C)[C@@H](O[C@H]2C[C@@](C)(OC)[C@@H](O)[C@H](C)O2)[C@@H](C)[C@@H](O[C@@H]2O[C@H](C)C[C@H](N(C)C)[C@H]2O)[C@](C)(O)C[C@@H](C)C(=O)[C@H](C)[C@H](O)[C@]1(C)O. The van der Waals surface area contributed by atoms with Crippen molar-refractivity contribution in [2.75, 3.05) is 27.8 Å². The van der Waals surface area contributed by atoms with Crippen molar-refractivity contribution in [1.29, 1.82) is 0 Å². The van der Waals surface area contributed by atoms with Crippen molar-refractivity contribution in [3.05, 3.63) is 0 Å². The van der Waals surface area contributed by atoms with Crippen LogP contribution in [0.2, 0.25) is 0 Å². The molecule has 3 heterocycles. The molecule has 0 spiro atoms. The summed E-state index contributed by atoms with van der Waals surface area (Å²) in [5.74, 6) is -5.16. The molecular formula is C43H79NO15. The number of Topliss-reactive ketones (excluding diaryl/α,β-unsaturated/α-hetero) is 1. The van der Waals surface area contributed by atoms with Gasteiger partial charge in [-0.3, -0.25) is 14.4 Å². The fraction of sp³-hybridized carbons (Fsp3) is 0.930. The monoisotopic (exact) mass is 850 g/mol. The van der Waals surface area contributed by atoms with Gasteiger partial charge < -0.3 is 63.6 Å². The number of likely N-dealkylation sites (N-methyl/N-ethyl adjacent to an activating group) is 1. The minimum absolute atomic E-state index is 0.0936. The molecule has 0 unspecified atom stereocenters. The van der Waals surface area contributed by atoms with Gasteiger partial charge in [0.15, 0.2) is 12.6 Å². The van der Waals surface area contributed by atoms with E-state index in [0.717, 1.165) is 12.8 Å². The van der Waals surface area contributed by atoms with Crippen molar-refractivity contribution in [1.82, 2.24) is 4.90 Å². The number of carbonyl (C=O) groups excluding carboxylic acids is 3. The number of rotatable bonds is 10. The van der Waals surface area contributed by atoms with Crippen LogP contribution in [-0.4, -0.2) is 160 Å². The second kappa shape index (κ2) is 22.5. The molecule has 18 atom stereocenters. The molecule has 3 aliphatic heterocycles. The van der Waals surface area contributed by atoms with Gasteiger partial charge in [-0.1, -0.05) is 41.0 Å². The molecular weight excluding hydrogens is 770 g/mol. The van der Waals surface area contributed by atoms with Crippen LogP contribution in [0.1, 0.15) is 122 Å². The fourth-order valence-electron chi connectivity index (χ4n) is 8.77. The van der Waals surface area contributed by atoms with Gasteiger partial charge >= 0.3 is 11.9 Å². The van der Waals surface area contributed by atoms with E-state index in [2.05, 4.69) is 11.7 Å². The summed E-state index contributed by atoms with van der Waals surface area (Å²) >= 11 is 0. The topological polar surface area (TPSA) is 220 Å². The van der Waals surface area contributed by atoms with Crippen molar-refractivity contribution in [3.63, 3.8) is 0 Å². The first-order chi connectivity index (χ1) is 27.2. The lowest BCUT2D eigenvalue weighted by Gasteiger charge is -2.49. The highest BCUT2D eigenvalue weighted by molar-refractivity contribution is 5.83. The molecule has 3 fully saturated rings. The Labute approximate surface area is 352 Å². The number of ether oxygens (including phenoxy) is 7. The maximum absolute atomic E-state index is 14.1. The van der Waals surface area contributed by atoms with Crippen LogP contribution in [0, 0.1) is 23.7 Å². The van der Waals surface area contributed by atoms with Gasteiger partial charge in [-0.05, 0) is 81.3 Å². The predicted molar refractivity (Wildman–Crippen MR) is 218 cm³/mol. The molecule has 3 saturated heterocycles. The third-order valence-corrected chi connectivity index (χ3v) is 12.6. The Morgan fingerprint density at radius 3 is 2.03 bits per heavy atom. The number of hydrogen-bond acceptors (Lipinski definition) is 16. The van der Waals surface area contributed by atoms with E-state index in [1.54, 1.807) is 41.5 Å². The smallest absolute Gasteiger partial charge is 0.311 e. The van der Waals surface area contributed by atoms with Crippen molar-refractivity contribution in [2.24, 2.45) is 23.7 Å². The molecule has 346 valence electrons. The lowest BCUT2D eigenvalue weighted by molar-refractivity contribution is -0.318. The number of unbranched alkanes of at least 4 members (excludes halogenated alkanes) is 1. The van der Waals surface area contributed by atoms with E-state index in [-0.39, 0.29) is 37.4 Å². The molecule has 0 aromatic rings. The predicted octanol–water partition coefficient (Wildman–Crippen LogP) is 3.14. The molecule has 59 heavy (non-hydrogen) atoms. The number of esters is 2. The van der Waals surface area contributed by atoms with E-state index in [1.807, 2.05) is 25.9 Å². The van der Waals surface area contributed by atoms with Crippen LogP contribution in [0.3, 0.4) is 0 Å². The third-order valence-electron chi connectivity index (χ3n) is 12.6. The van der Waals surface area contributed by atoms with Gasteiger partial charge in [0.1, 0.15) is 29.7 Å². The van der Waals surface area contributed by atoms with Gasteiger partial charge in [0, 0.05) is 44.2 Å². The fourth-order valence-corrected chi connectivity index (χ4v) is 8.77. The lowest BCUT2D eigenvalue weighted by atomic mass is 9.74. The van der Waals surface area contributed by atoms with Gasteiger partial charge in [0.2, 0.25) is 0 Å². The third kappa shape index (κ3) is 13.6. The summed E-state index contributed by atoms with van der Waals surface area (Å²) in [5, 5.41) is 57.6. The molecule has 0 saturated carbocycles. The average molecular weight is 850 g/mol. The Hall–Kier alpha value is -1.83. The molecule has 0 aromatic heterocycles. The highest BCUT2D eigenvalue weighted by Gasteiger charge is 2.53. The van der Waals surface area contributed by atoms with E-state index in [4.69, 9.17) is 28.4 Å². The molecule has 3 aliphatic rings. The summed E-state index contributed by atoms with van der Waals surface area (Å²) in [6.45, 7) is 20.4. The highest BCUT2D eigenvalue weighted by Crippen LogP contribution is 2.40. The second-order valence-electron chi connectivity index (χ2n) is 18.2. The number of carbonyl (C=O) groups is 3. The van der Waals surface area contributed by atoms with E-state index in [0.29, 0.717) is 13.0 Å². The molecule has 0 radical (unpaired) electrons. The van der Waals surface area contributed by atoms with Crippen molar-refractivity contribution in [3.8, 4) is 0 Å². The number of ketones is 1. The second-order valence-corrected chi connectivity index (χ2v) is 18.2. The van der Waals surface area contributed by atoms with Crippen LogP contribution < -0.4 is 0 Å². The molecule has 0 aliphatic carbocycles. The van der Waals surface area contributed by atoms with E-state index in [1.165, 1.54) is 34.8 Å². The summed E-state index contributed by atoms with van der Waals surface area (Å²) in [6, 6.07) is -0.324. The van der Waals surface area contributed by atoms with Crippen LogP contribution in [0.4, 0.5) is 0 Å². The van der Waals surface area contributed by atoms with Crippen LogP contribution in [0.15, 0.2) is 0 Å². The van der Waals surface area contributed by atoms with E-state index >= 15 is 0 Å². The average Bonchev–Trinajstić information content (AvgIpc) is 3.15. The van der Waals surface area contributed by atoms with E-state index < -0.39 is 108 Å². The van der Waals surface area contributed by atoms with Crippen LogP contribution in [0.5, 0.6) is 0 Å². The van der Waals surface area contributed by atoms with Crippen LogP contribution in [-0.2, 0) is 47.5 Å². The number of aliphatic hydroxyl groups is 5. The molecule has 0 amide bonds. The van der Waals surface area contributed by atoms with Gasteiger partial charge in [0.05, 0.1) is 54.2 Å². The normalized spacial score (nSPS) is 44.2. The molecule has 3 rings (SSSR count). The number of aliphatic hydroxyl groups excluding tert-OH is 3. The number of methoxy groups -OCH3 is 1. The zero-order valence-corrected chi connectivity index (χ0v) is 38.4. The minimum Gasteiger partial charge on any atom is -0.466 e. The van der Waals surface area contributed by atoms with Crippen LogP contribution in [0.25, 0.3) is 0 Å². The summed E-state index contributed by atoms with van der Waals surface area (Å²) in [7, 11) is 5.18. The Morgan fingerprint density at radius 2 is 1.51 bits per heavy atom. The Kier molecular flexibility index (Phi) is 20.3. The first-order valence-corrected chi connectivity index (χ1v) is 21.4. The molecule has 0 bridgehead atoms. The Balaban J connectivity index is 0.00000135. The molecule has 5 N–H and O–H groups in total. The van der Waals surface area contributed by atoms with Gasteiger partial charge in [-0.25, -0.2) is 0 Å². The molecule has 0 aromatic carbocycles. The summed E-state index contributed by atoms with van der Waals surface area (Å²) < 4.78 is 41.7. The summed E-state index contributed by atoms with van der Waals surface area (Å²) in [6.07, 6.45) is -7.66. The van der Waals surface area contributed by atoms with Crippen LogP contribution >= 0.6 is 0 Å². The maximum Gasteiger partial charge on any atom is 0.311 e. The number of hydrogen-bond donors (Lipinski definition) is 5. The van der Waals surface area contributed by atoms with Gasteiger partial charge in [0.25, 0.3) is 0 Å². The molecule has 16 nitrogen and oxygen atoms in total. The van der Waals surface area contributed by atoms with Crippen molar-refractivity contribution >= 4 is 17.7 Å². The van der Waals surface area contributed by atoms with Crippen molar-refractivity contribution in [2.45, 2.75) is 206 Å². The first kappa shape index (κ1) is 53.3.